The summed E-state index contributed by atoms with van der Waals surface area (Å²) in [5.74, 6) is 0. The Morgan fingerprint density at radius 3 is 2.00 bits per heavy atom. The summed E-state index contributed by atoms with van der Waals surface area (Å²) in [7, 11) is 2.17. The van der Waals surface area contributed by atoms with Crippen LogP contribution in [0.4, 0.5) is 21.9 Å². The summed E-state index contributed by atoms with van der Waals surface area (Å²) < 4.78 is 0. The molecule has 0 radical (unpaired) electrons. The predicted octanol–water partition coefficient (Wildman–Crippen LogP) is 3.19. The summed E-state index contributed by atoms with van der Waals surface area (Å²) in [6.45, 7) is 7.80. The number of urea groups is 1. The Morgan fingerprint density at radius 1 is 0.731 bits per heavy atom. The van der Waals surface area contributed by atoms with E-state index < -0.39 is 0 Å². The Kier molecular flexibility index (Phi) is 4.55. The number of piperazine rings is 1. The number of carbonyl (C=O) groups excluding carboxylic acids is 1. The Hall–Kier alpha value is -2.53. The number of likely N-dealkylation sites (N-methyl/N-ethyl adjacent to an activating group) is 1. The summed E-state index contributed by atoms with van der Waals surface area (Å²) >= 11 is 0. The highest BCUT2D eigenvalue weighted by Gasteiger charge is 2.30. The molecular weight excluding hydrogens is 324 g/mol. The minimum Gasteiger partial charge on any atom is -0.369 e. The smallest absolute Gasteiger partial charge is 0.329 e. The van der Waals surface area contributed by atoms with E-state index in [1.165, 1.54) is 11.3 Å². The lowest BCUT2D eigenvalue weighted by Gasteiger charge is -2.34. The number of benzene rings is 2. The summed E-state index contributed by atoms with van der Waals surface area (Å²) in [6.07, 6.45) is 0. The molecule has 0 N–H and O–H groups in total. The van der Waals surface area contributed by atoms with E-state index in [1.807, 2.05) is 21.9 Å². The van der Waals surface area contributed by atoms with E-state index in [0.29, 0.717) is 0 Å². The van der Waals surface area contributed by atoms with Gasteiger partial charge < -0.3 is 9.80 Å². The molecule has 5 heteroatoms. The van der Waals surface area contributed by atoms with Gasteiger partial charge in [-0.05, 0) is 55.9 Å². The van der Waals surface area contributed by atoms with Crippen LogP contribution >= 0.6 is 0 Å². The zero-order valence-electron chi connectivity index (χ0n) is 15.6. The third-order valence-electron chi connectivity index (χ3n) is 5.35. The summed E-state index contributed by atoms with van der Waals surface area (Å²) in [5.41, 5.74) is 4.36. The van der Waals surface area contributed by atoms with Crippen LogP contribution in [-0.4, -0.2) is 57.2 Å². The number of anilines is 3. The van der Waals surface area contributed by atoms with E-state index in [0.717, 1.165) is 50.6 Å². The Morgan fingerprint density at radius 2 is 1.35 bits per heavy atom. The van der Waals surface area contributed by atoms with Crippen molar-refractivity contribution in [2.75, 3.05) is 61.0 Å². The molecule has 2 aromatic carbocycles. The van der Waals surface area contributed by atoms with Crippen molar-refractivity contribution in [3.05, 3.63) is 54.1 Å². The van der Waals surface area contributed by atoms with Crippen LogP contribution in [0.25, 0.3) is 0 Å². The quantitative estimate of drug-likeness (QED) is 0.852. The van der Waals surface area contributed by atoms with Gasteiger partial charge in [-0.1, -0.05) is 12.1 Å². The molecule has 2 aromatic rings. The largest absolute Gasteiger partial charge is 0.369 e. The molecule has 26 heavy (non-hydrogen) atoms. The first-order chi connectivity index (χ1) is 12.6. The van der Waals surface area contributed by atoms with Crippen molar-refractivity contribution in [2.45, 2.75) is 6.92 Å². The van der Waals surface area contributed by atoms with Crippen LogP contribution in [-0.2, 0) is 0 Å². The highest BCUT2D eigenvalue weighted by atomic mass is 16.2. The molecular formula is C21H26N4O. The van der Waals surface area contributed by atoms with Gasteiger partial charge in [0.1, 0.15) is 0 Å². The second-order valence-electron chi connectivity index (χ2n) is 7.23. The second-order valence-corrected chi connectivity index (χ2v) is 7.23. The number of hydrogen-bond donors (Lipinski definition) is 0. The van der Waals surface area contributed by atoms with Gasteiger partial charge in [0.25, 0.3) is 0 Å². The lowest BCUT2D eigenvalue weighted by atomic mass is 10.2. The van der Waals surface area contributed by atoms with E-state index in [2.05, 4.69) is 60.2 Å². The first kappa shape index (κ1) is 16.9. The van der Waals surface area contributed by atoms with E-state index in [-0.39, 0.29) is 6.03 Å². The van der Waals surface area contributed by atoms with E-state index >= 15 is 0 Å². The van der Waals surface area contributed by atoms with Gasteiger partial charge >= 0.3 is 6.03 Å². The minimum absolute atomic E-state index is 0.0583. The predicted molar refractivity (Wildman–Crippen MR) is 107 cm³/mol. The third-order valence-corrected chi connectivity index (χ3v) is 5.35. The fourth-order valence-electron chi connectivity index (χ4n) is 3.72. The molecule has 2 aliphatic rings. The molecule has 0 bridgehead atoms. The third kappa shape index (κ3) is 3.27. The molecule has 136 valence electrons. The average molecular weight is 350 g/mol. The Bertz CT molecular complexity index is 781. The zero-order valence-corrected chi connectivity index (χ0v) is 15.6. The van der Waals surface area contributed by atoms with E-state index in [1.54, 1.807) is 0 Å². The van der Waals surface area contributed by atoms with Crippen LogP contribution in [0, 0.1) is 6.92 Å². The van der Waals surface area contributed by atoms with Gasteiger partial charge in [0, 0.05) is 56.3 Å². The van der Waals surface area contributed by atoms with Gasteiger partial charge in [-0.15, -0.1) is 0 Å². The molecule has 0 aromatic heterocycles. The van der Waals surface area contributed by atoms with Crippen molar-refractivity contribution in [1.82, 2.24) is 4.90 Å². The fraction of sp³-hybridized carbons (Fsp3) is 0.381. The molecule has 5 nitrogen and oxygen atoms in total. The Labute approximate surface area is 155 Å². The first-order valence-corrected chi connectivity index (χ1v) is 9.31. The van der Waals surface area contributed by atoms with Crippen LogP contribution in [0.1, 0.15) is 5.56 Å². The Balaban J connectivity index is 1.47. The molecule has 2 aliphatic heterocycles. The van der Waals surface area contributed by atoms with Gasteiger partial charge in [-0.2, -0.15) is 0 Å². The van der Waals surface area contributed by atoms with Crippen LogP contribution in [0.15, 0.2) is 48.5 Å². The molecule has 0 spiro atoms. The average Bonchev–Trinajstić information content (AvgIpc) is 3.04. The molecule has 4 rings (SSSR count). The number of rotatable bonds is 3. The van der Waals surface area contributed by atoms with Gasteiger partial charge in [-0.3, -0.25) is 9.80 Å². The highest BCUT2D eigenvalue weighted by molar-refractivity contribution is 6.06. The van der Waals surface area contributed by atoms with Gasteiger partial charge in [0.15, 0.2) is 0 Å². The van der Waals surface area contributed by atoms with Crippen molar-refractivity contribution in [2.24, 2.45) is 0 Å². The maximum atomic E-state index is 12.9. The number of aryl methyl sites for hydroxylation is 1. The number of carbonyl (C=O) groups is 1. The molecule has 0 atom stereocenters. The number of nitrogens with zero attached hydrogens (tertiary/aromatic N) is 4. The van der Waals surface area contributed by atoms with E-state index in [9.17, 15) is 4.79 Å². The summed E-state index contributed by atoms with van der Waals surface area (Å²) in [6, 6.07) is 16.6. The normalized spacial score (nSPS) is 18.7. The van der Waals surface area contributed by atoms with Gasteiger partial charge in [0.2, 0.25) is 0 Å². The zero-order chi connectivity index (χ0) is 18.1. The van der Waals surface area contributed by atoms with Crippen molar-refractivity contribution in [1.29, 1.82) is 0 Å². The second kappa shape index (κ2) is 7.00. The van der Waals surface area contributed by atoms with Crippen molar-refractivity contribution >= 4 is 23.1 Å². The standard InChI is InChI=1S/C21H26N4O/c1-17-4-3-5-20(16-17)25-15-14-24(21(25)26)19-8-6-18(7-9-19)23-12-10-22(2)11-13-23/h3-9,16H,10-15H2,1-2H3. The molecule has 2 amide bonds. The monoisotopic (exact) mass is 350 g/mol. The molecule has 2 fully saturated rings. The van der Waals surface area contributed by atoms with Crippen molar-refractivity contribution in [3.8, 4) is 0 Å². The molecule has 2 heterocycles. The SMILES string of the molecule is Cc1cccc(N2CCN(c3ccc(N4CCN(C)CC4)cc3)C2=O)c1. The topological polar surface area (TPSA) is 30.0 Å². The maximum absolute atomic E-state index is 12.9. The molecule has 2 saturated heterocycles. The lowest BCUT2D eigenvalue weighted by molar-refractivity contribution is 0.256. The minimum atomic E-state index is 0.0583. The lowest BCUT2D eigenvalue weighted by Crippen LogP contribution is -2.44. The van der Waals surface area contributed by atoms with Crippen molar-refractivity contribution < 1.29 is 4.79 Å². The van der Waals surface area contributed by atoms with Crippen LogP contribution in [0.2, 0.25) is 0 Å². The fourth-order valence-corrected chi connectivity index (χ4v) is 3.72. The number of hydrogen-bond acceptors (Lipinski definition) is 3. The van der Waals surface area contributed by atoms with E-state index in [4.69, 9.17) is 0 Å². The highest BCUT2D eigenvalue weighted by Crippen LogP contribution is 2.27. The molecule has 0 saturated carbocycles. The molecule has 0 aliphatic carbocycles. The van der Waals surface area contributed by atoms with Crippen LogP contribution < -0.4 is 14.7 Å². The summed E-state index contributed by atoms with van der Waals surface area (Å²) in [5, 5.41) is 0. The van der Waals surface area contributed by atoms with Crippen LogP contribution in [0.3, 0.4) is 0 Å². The van der Waals surface area contributed by atoms with Gasteiger partial charge in [0.05, 0.1) is 0 Å². The first-order valence-electron chi connectivity index (χ1n) is 9.31. The summed E-state index contributed by atoms with van der Waals surface area (Å²) in [4.78, 5) is 21.4. The number of amides is 2. The van der Waals surface area contributed by atoms with Gasteiger partial charge in [-0.25, -0.2) is 4.79 Å². The van der Waals surface area contributed by atoms with Crippen molar-refractivity contribution in [3.63, 3.8) is 0 Å². The van der Waals surface area contributed by atoms with Crippen LogP contribution in [0.5, 0.6) is 0 Å². The molecule has 0 unspecified atom stereocenters. The maximum Gasteiger partial charge on any atom is 0.329 e.